The molecule has 0 aromatic heterocycles. The van der Waals surface area contributed by atoms with Crippen LogP contribution >= 0.6 is 0 Å². The van der Waals surface area contributed by atoms with Gasteiger partial charge in [0.2, 0.25) is 0 Å². The summed E-state index contributed by atoms with van der Waals surface area (Å²) in [5.74, 6) is 0.905. The molecule has 0 aliphatic rings. The summed E-state index contributed by atoms with van der Waals surface area (Å²) < 4.78 is 11.1. The van der Waals surface area contributed by atoms with Crippen molar-refractivity contribution >= 4 is 0 Å². The van der Waals surface area contributed by atoms with Crippen LogP contribution in [-0.4, -0.2) is 25.4 Å². The molecule has 1 atom stereocenters. The summed E-state index contributed by atoms with van der Waals surface area (Å²) in [7, 11) is 0. The van der Waals surface area contributed by atoms with Crippen molar-refractivity contribution < 1.29 is 9.47 Å². The van der Waals surface area contributed by atoms with Gasteiger partial charge in [-0.05, 0) is 44.9 Å². The van der Waals surface area contributed by atoms with Crippen molar-refractivity contribution in [3.05, 3.63) is 29.8 Å². The Labute approximate surface area is 104 Å². The van der Waals surface area contributed by atoms with Gasteiger partial charge in [0.1, 0.15) is 5.75 Å². The highest BCUT2D eigenvalue weighted by Gasteiger charge is 2.04. The highest BCUT2D eigenvalue weighted by molar-refractivity contribution is 5.27. The fourth-order valence-electron chi connectivity index (χ4n) is 1.43. The summed E-state index contributed by atoms with van der Waals surface area (Å²) >= 11 is 0. The molecule has 1 unspecified atom stereocenters. The van der Waals surface area contributed by atoms with Crippen LogP contribution in [0.5, 0.6) is 5.75 Å². The van der Waals surface area contributed by atoms with E-state index >= 15 is 0 Å². The van der Waals surface area contributed by atoms with Gasteiger partial charge in [-0.25, -0.2) is 0 Å². The number of ether oxygens (including phenoxy) is 2. The Bertz CT molecular complexity index is 326. The van der Waals surface area contributed by atoms with Gasteiger partial charge in [-0.1, -0.05) is 12.1 Å². The minimum Gasteiger partial charge on any atom is -0.494 e. The van der Waals surface area contributed by atoms with Gasteiger partial charge in [0.25, 0.3) is 0 Å². The first kappa shape index (κ1) is 14.0. The van der Waals surface area contributed by atoms with E-state index in [0.29, 0.717) is 13.2 Å². The standard InChI is InChI=1S/C14H23NO2/c1-11(2)17-10-13(15)7-8-16-14-6-4-5-12(3)9-14/h4-6,9,11,13H,7-8,10,15H2,1-3H3. The highest BCUT2D eigenvalue weighted by Crippen LogP contribution is 2.12. The molecule has 1 rings (SSSR count). The molecule has 96 valence electrons. The molecule has 0 fully saturated rings. The number of rotatable bonds is 7. The maximum atomic E-state index is 5.91. The Hall–Kier alpha value is -1.06. The third-order valence-corrected chi connectivity index (χ3v) is 2.39. The van der Waals surface area contributed by atoms with Crippen LogP contribution in [0.3, 0.4) is 0 Å². The fraction of sp³-hybridized carbons (Fsp3) is 0.571. The molecule has 0 amide bonds. The van der Waals surface area contributed by atoms with Crippen molar-refractivity contribution in [2.75, 3.05) is 13.2 Å². The lowest BCUT2D eigenvalue weighted by atomic mass is 10.2. The lowest BCUT2D eigenvalue weighted by molar-refractivity contribution is 0.0642. The molecule has 1 aromatic rings. The minimum absolute atomic E-state index is 0.0437. The van der Waals surface area contributed by atoms with E-state index in [1.807, 2.05) is 32.0 Å². The second-order valence-electron chi connectivity index (χ2n) is 4.60. The molecule has 3 heteroatoms. The summed E-state index contributed by atoms with van der Waals surface area (Å²) in [6.07, 6.45) is 1.04. The van der Waals surface area contributed by atoms with Crippen LogP contribution in [-0.2, 0) is 4.74 Å². The summed E-state index contributed by atoms with van der Waals surface area (Å²) in [6.45, 7) is 7.29. The van der Waals surface area contributed by atoms with E-state index in [4.69, 9.17) is 15.2 Å². The van der Waals surface area contributed by atoms with E-state index in [2.05, 4.69) is 13.0 Å². The third kappa shape index (κ3) is 6.29. The van der Waals surface area contributed by atoms with Crippen molar-refractivity contribution in [3.8, 4) is 5.75 Å². The van der Waals surface area contributed by atoms with Crippen molar-refractivity contribution in [2.24, 2.45) is 5.73 Å². The van der Waals surface area contributed by atoms with Crippen LogP contribution in [0, 0.1) is 6.92 Å². The minimum atomic E-state index is 0.0437. The molecule has 1 aromatic carbocycles. The quantitative estimate of drug-likeness (QED) is 0.792. The maximum absolute atomic E-state index is 5.91. The highest BCUT2D eigenvalue weighted by atomic mass is 16.5. The Morgan fingerprint density at radius 2 is 2.06 bits per heavy atom. The first-order chi connectivity index (χ1) is 8.08. The van der Waals surface area contributed by atoms with Crippen LogP contribution in [0.15, 0.2) is 24.3 Å². The Kier molecular flexibility index (Phi) is 6.01. The SMILES string of the molecule is Cc1cccc(OCCC(N)COC(C)C)c1. The molecule has 0 radical (unpaired) electrons. The second-order valence-corrected chi connectivity index (χ2v) is 4.60. The summed E-state index contributed by atoms with van der Waals surface area (Å²) in [5, 5.41) is 0. The number of benzene rings is 1. The molecule has 0 saturated heterocycles. The van der Waals surface area contributed by atoms with Crippen molar-refractivity contribution in [3.63, 3.8) is 0 Å². The zero-order valence-electron chi connectivity index (χ0n) is 11.0. The molecule has 0 heterocycles. The summed E-state index contributed by atoms with van der Waals surface area (Å²) in [5.41, 5.74) is 7.11. The van der Waals surface area contributed by atoms with E-state index in [9.17, 15) is 0 Å². The molecular weight excluding hydrogens is 214 g/mol. The Morgan fingerprint density at radius 3 is 2.71 bits per heavy atom. The molecule has 0 spiro atoms. The lowest BCUT2D eigenvalue weighted by Gasteiger charge is -2.14. The normalized spacial score (nSPS) is 12.8. The lowest BCUT2D eigenvalue weighted by Crippen LogP contribution is -2.29. The number of hydrogen-bond acceptors (Lipinski definition) is 3. The fourth-order valence-corrected chi connectivity index (χ4v) is 1.43. The molecule has 17 heavy (non-hydrogen) atoms. The summed E-state index contributed by atoms with van der Waals surface area (Å²) in [4.78, 5) is 0. The van der Waals surface area contributed by atoms with Crippen molar-refractivity contribution in [2.45, 2.75) is 39.3 Å². The van der Waals surface area contributed by atoms with Gasteiger partial charge in [0, 0.05) is 6.04 Å². The van der Waals surface area contributed by atoms with Crippen LogP contribution in [0.4, 0.5) is 0 Å². The topological polar surface area (TPSA) is 44.5 Å². The zero-order valence-corrected chi connectivity index (χ0v) is 11.0. The number of nitrogens with two attached hydrogens (primary N) is 1. The second kappa shape index (κ2) is 7.30. The first-order valence-electron chi connectivity index (χ1n) is 6.14. The number of hydrogen-bond donors (Lipinski definition) is 1. The van der Waals surface area contributed by atoms with Gasteiger partial charge in [-0.15, -0.1) is 0 Å². The van der Waals surface area contributed by atoms with E-state index in [1.54, 1.807) is 0 Å². The predicted molar refractivity (Wildman–Crippen MR) is 70.4 cm³/mol. The average Bonchev–Trinajstić information content (AvgIpc) is 2.26. The van der Waals surface area contributed by atoms with Gasteiger partial charge >= 0.3 is 0 Å². The van der Waals surface area contributed by atoms with Crippen LogP contribution in [0.25, 0.3) is 0 Å². The van der Waals surface area contributed by atoms with Crippen LogP contribution < -0.4 is 10.5 Å². The van der Waals surface area contributed by atoms with Crippen LogP contribution in [0.2, 0.25) is 0 Å². The Morgan fingerprint density at radius 1 is 1.29 bits per heavy atom. The Balaban J connectivity index is 2.19. The van der Waals surface area contributed by atoms with Gasteiger partial charge in [0.05, 0.1) is 19.3 Å². The van der Waals surface area contributed by atoms with Gasteiger partial charge < -0.3 is 15.2 Å². The smallest absolute Gasteiger partial charge is 0.119 e. The molecule has 0 saturated carbocycles. The van der Waals surface area contributed by atoms with E-state index in [0.717, 1.165) is 12.2 Å². The van der Waals surface area contributed by atoms with Gasteiger partial charge in [-0.2, -0.15) is 0 Å². The average molecular weight is 237 g/mol. The molecule has 0 aliphatic heterocycles. The monoisotopic (exact) mass is 237 g/mol. The molecular formula is C14H23NO2. The molecule has 3 nitrogen and oxygen atoms in total. The van der Waals surface area contributed by atoms with Gasteiger partial charge in [0.15, 0.2) is 0 Å². The molecule has 0 aliphatic carbocycles. The van der Waals surface area contributed by atoms with E-state index in [1.165, 1.54) is 5.56 Å². The molecule has 0 bridgehead atoms. The predicted octanol–water partition coefficient (Wildman–Crippen LogP) is 2.52. The first-order valence-corrected chi connectivity index (χ1v) is 6.14. The third-order valence-electron chi connectivity index (χ3n) is 2.39. The van der Waals surface area contributed by atoms with E-state index in [-0.39, 0.29) is 12.1 Å². The largest absolute Gasteiger partial charge is 0.494 e. The summed E-state index contributed by atoms with van der Waals surface area (Å²) in [6, 6.07) is 8.07. The van der Waals surface area contributed by atoms with Gasteiger partial charge in [-0.3, -0.25) is 0 Å². The van der Waals surface area contributed by atoms with Crippen LogP contribution in [0.1, 0.15) is 25.8 Å². The maximum Gasteiger partial charge on any atom is 0.119 e. The zero-order chi connectivity index (χ0) is 12.7. The molecule has 2 N–H and O–H groups in total. The van der Waals surface area contributed by atoms with Crippen molar-refractivity contribution in [1.82, 2.24) is 0 Å². The van der Waals surface area contributed by atoms with E-state index < -0.39 is 0 Å². The van der Waals surface area contributed by atoms with Crippen molar-refractivity contribution in [1.29, 1.82) is 0 Å². The number of aryl methyl sites for hydroxylation is 1.